The molecule has 27 heavy (non-hydrogen) atoms. The van der Waals surface area contributed by atoms with Crippen LogP contribution in [0.5, 0.6) is 0 Å². The maximum absolute atomic E-state index is 12.4. The van der Waals surface area contributed by atoms with Crippen molar-refractivity contribution in [3.05, 3.63) is 53.2 Å². The van der Waals surface area contributed by atoms with Gasteiger partial charge in [0, 0.05) is 31.4 Å². The number of aryl methyl sites for hydroxylation is 1. The third-order valence-corrected chi connectivity index (χ3v) is 5.25. The summed E-state index contributed by atoms with van der Waals surface area (Å²) in [7, 11) is -3.62. The van der Waals surface area contributed by atoms with E-state index in [4.69, 9.17) is 5.26 Å². The summed E-state index contributed by atoms with van der Waals surface area (Å²) in [5, 5.41) is 14.5. The molecule has 3 N–H and O–H groups in total. The van der Waals surface area contributed by atoms with Crippen molar-refractivity contribution in [1.82, 2.24) is 15.0 Å². The Labute approximate surface area is 158 Å². The van der Waals surface area contributed by atoms with Gasteiger partial charge in [-0.05, 0) is 36.8 Å². The number of hydrogen-bond donors (Lipinski definition) is 3. The van der Waals surface area contributed by atoms with Gasteiger partial charge in [-0.3, -0.25) is 4.79 Å². The van der Waals surface area contributed by atoms with Crippen LogP contribution in [0.1, 0.15) is 28.4 Å². The molecule has 0 radical (unpaired) electrons. The molecule has 0 bridgehead atoms. The summed E-state index contributed by atoms with van der Waals surface area (Å²) in [6, 6.07) is 9.77. The van der Waals surface area contributed by atoms with Crippen LogP contribution in [0, 0.1) is 18.3 Å². The van der Waals surface area contributed by atoms with Crippen LogP contribution in [-0.2, 0) is 10.0 Å². The smallest absolute Gasteiger partial charge is 0.251 e. The zero-order valence-electron chi connectivity index (χ0n) is 15.1. The van der Waals surface area contributed by atoms with Crippen LogP contribution < -0.4 is 15.4 Å². The van der Waals surface area contributed by atoms with Gasteiger partial charge in [0.1, 0.15) is 11.9 Å². The molecule has 0 unspecified atom stereocenters. The zero-order chi connectivity index (χ0) is 19.9. The molecular weight excluding hydrogens is 366 g/mol. The molecule has 2 rings (SSSR count). The Kier molecular flexibility index (Phi) is 6.87. The van der Waals surface area contributed by atoms with E-state index in [9.17, 15) is 13.2 Å². The van der Waals surface area contributed by atoms with E-state index in [1.807, 2.05) is 6.07 Å². The van der Waals surface area contributed by atoms with Crippen molar-refractivity contribution in [1.29, 1.82) is 5.26 Å². The number of carbonyl (C=O) groups excluding carboxylic acids is 1. The minimum Gasteiger partial charge on any atom is -0.368 e. The number of hydrogen-bond acceptors (Lipinski definition) is 6. The molecule has 0 saturated carbocycles. The second-order valence-electron chi connectivity index (χ2n) is 5.70. The summed E-state index contributed by atoms with van der Waals surface area (Å²) in [5.74, 6) is 0.244. The van der Waals surface area contributed by atoms with Crippen molar-refractivity contribution in [2.45, 2.75) is 18.7 Å². The molecule has 1 amide bonds. The molecule has 0 fully saturated rings. The van der Waals surface area contributed by atoms with Crippen LogP contribution in [0.3, 0.4) is 0 Å². The topological polar surface area (TPSA) is 124 Å². The maximum atomic E-state index is 12.4. The summed E-state index contributed by atoms with van der Waals surface area (Å²) in [4.78, 5) is 16.5. The van der Waals surface area contributed by atoms with Gasteiger partial charge in [-0.2, -0.15) is 5.26 Å². The zero-order valence-corrected chi connectivity index (χ0v) is 15.9. The molecule has 0 saturated heterocycles. The van der Waals surface area contributed by atoms with Gasteiger partial charge in [-0.15, -0.1) is 0 Å². The first kappa shape index (κ1) is 20.4. The van der Waals surface area contributed by atoms with Crippen molar-refractivity contribution < 1.29 is 13.2 Å². The fourth-order valence-electron chi connectivity index (χ4n) is 2.31. The summed E-state index contributed by atoms with van der Waals surface area (Å²) in [5.41, 5.74) is 1.46. The molecule has 9 heteroatoms. The second kappa shape index (κ2) is 9.12. The number of anilines is 1. The molecule has 0 aliphatic heterocycles. The van der Waals surface area contributed by atoms with Crippen LogP contribution in [0.15, 0.2) is 41.4 Å². The van der Waals surface area contributed by atoms with E-state index in [-0.39, 0.29) is 17.3 Å². The van der Waals surface area contributed by atoms with Crippen LogP contribution in [0.4, 0.5) is 5.82 Å². The SMILES string of the molecule is CCNS(=O)(=O)c1ccc(C)c(C(=O)NCCNc2ccc(C#N)cn2)c1. The Hall–Kier alpha value is -2.96. The number of benzene rings is 1. The van der Waals surface area contributed by atoms with Crippen LogP contribution >= 0.6 is 0 Å². The Balaban J connectivity index is 1.96. The molecule has 142 valence electrons. The van der Waals surface area contributed by atoms with Crippen molar-refractivity contribution in [3.63, 3.8) is 0 Å². The average molecular weight is 387 g/mol. The van der Waals surface area contributed by atoms with Gasteiger partial charge < -0.3 is 10.6 Å². The van der Waals surface area contributed by atoms with Crippen molar-refractivity contribution in [2.75, 3.05) is 25.0 Å². The summed E-state index contributed by atoms with van der Waals surface area (Å²) >= 11 is 0. The first-order valence-corrected chi connectivity index (χ1v) is 9.84. The molecule has 2 aromatic rings. The summed E-state index contributed by atoms with van der Waals surface area (Å²) in [6.07, 6.45) is 1.46. The predicted molar refractivity (Wildman–Crippen MR) is 102 cm³/mol. The molecule has 1 aromatic carbocycles. The van der Waals surface area contributed by atoms with Crippen molar-refractivity contribution in [3.8, 4) is 6.07 Å². The summed E-state index contributed by atoms with van der Waals surface area (Å²) < 4.78 is 26.6. The van der Waals surface area contributed by atoms with E-state index in [0.29, 0.717) is 35.6 Å². The number of aromatic nitrogens is 1. The first-order chi connectivity index (χ1) is 12.9. The van der Waals surface area contributed by atoms with Gasteiger partial charge in [0.05, 0.1) is 10.5 Å². The van der Waals surface area contributed by atoms with E-state index in [2.05, 4.69) is 20.3 Å². The monoisotopic (exact) mass is 387 g/mol. The standard InChI is InChI=1S/C18H21N5O3S/c1-3-23-27(25,26)15-6-4-13(2)16(10-15)18(24)21-9-8-20-17-7-5-14(11-19)12-22-17/h4-7,10,12,23H,3,8-9H2,1-2H3,(H,20,22)(H,21,24). The molecule has 0 spiro atoms. The number of sulfonamides is 1. The lowest BCUT2D eigenvalue weighted by molar-refractivity contribution is 0.0954. The highest BCUT2D eigenvalue weighted by Gasteiger charge is 2.17. The van der Waals surface area contributed by atoms with Gasteiger partial charge in [-0.1, -0.05) is 13.0 Å². The highest BCUT2D eigenvalue weighted by Crippen LogP contribution is 2.15. The number of nitriles is 1. The molecular formula is C18H21N5O3S. The first-order valence-electron chi connectivity index (χ1n) is 8.36. The van der Waals surface area contributed by atoms with Crippen LogP contribution in [0.2, 0.25) is 0 Å². The molecule has 1 heterocycles. The Bertz CT molecular complexity index is 950. The number of pyridine rings is 1. The van der Waals surface area contributed by atoms with Crippen LogP contribution in [0.25, 0.3) is 0 Å². The Morgan fingerprint density at radius 3 is 2.63 bits per heavy atom. The Morgan fingerprint density at radius 2 is 2.00 bits per heavy atom. The van der Waals surface area contributed by atoms with Gasteiger partial charge in [-0.25, -0.2) is 18.1 Å². The lowest BCUT2D eigenvalue weighted by Crippen LogP contribution is -2.30. The molecule has 1 aromatic heterocycles. The van der Waals surface area contributed by atoms with E-state index in [0.717, 1.165) is 0 Å². The quantitative estimate of drug-likeness (QED) is 0.588. The van der Waals surface area contributed by atoms with Gasteiger partial charge in [0.15, 0.2) is 0 Å². The minimum atomic E-state index is -3.62. The normalized spacial score (nSPS) is 10.9. The van der Waals surface area contributed by atoms with Gasteiger partial charge in [0.2, 0.25) is 10.0 Å². The van der Waals surface area contributed by atoms with E-state index < -0.39 is 10.0 Å². The second-order valence-corrected chi connectivity index (χ2v) is 7.47. The molecule has 0 atom stereocenters. The third kappa shape index (κ3) is 5.51. The third-order valence-electron chi connectivity index (χ3n) is 3.71. The van der Waals surface area contributed by atoms with Gasteiger partial charge >= 0.3 is 0 Å². The summed E-state index contributed by atoms with van der Waals surface area (Å²) in [6.45, 7) is 4.46. The van der Waals surface area contributed by atoms with Gasteiger partial charge in [0.25, 0.3) is 5.91 Å². The number of nitrogens with one attached hydrogen (secondary N) is 3. The Morgan fingerprint density at radius 1 is 1.22 bits per heavy atom. The van der Waals surface area contributed by atoms with Crippen molar-refractivity contribution >= 4 is 21.7 Å². The maximum Gasteiger partial charge on any atom is 0.251 e. The highest BCUT2D eigenvalue weighted by atomic mass is 32.2. The molecule has 0 aliphatic rings. The fourth-order valence-corrected chi connectivity index (χ4v) is 3.38. The van der Waals surface area contributed by atoms with Crippen molar-refractivity contribution in [2.24, 2.45) is 0 Å². The fraction of sp³-hybridized carbons (Fsp3) is 0.278. The van der Waals surface area contributed by atoms with Crippen LogP contribution in [-0.4, -0.2) is 38.9 Å². The lowest BCUT2D eigenvalue weighted by atomic mass is 10.1. The van der Waals surface area contributed by atoms with E-state index in [1.165, 1.54) is 18.3 Å². The number of amides is 1. The number of carbonyl (C=O) groups is 1. The predicted octanol–water partition coefficient (Wildman–Crippen LogP) is 1.40. The lowest BCUT2D eigenvalue weighted by Gasteiger charge is -2.11. The number of nitrogens with zero attached hydrogens (tertiary/aromatic N) is 2. The average Bonchev–Trinajstić information content (AvgIpc) is 2.65. The minimum absolute atomic E-state index is 0.0556. The van der Waals surface area contributed by atoms with E-state index >= 15 is 0 Å². The highest BCUT2D eigenvalue weighted by molar-refractivity contribution is 7.89. The molecule has 0 aliphatic carbocycles. The number of rotatable bonds is 8. The largest absolute Gasteiger partial charge is 0.368 e. The van der Waals surface area contributed by atoms with E-state index in [1.54, 1.807) is 32.0 Å². The molecule has 8 nitrogen and oxygen atoms in total.